The van der Waals surface area contributed by atoms with E-state index in [0.717, 1.165) is 27.4 Å². The summed E-state index contributed by atoms with van der Waals surface area (Å²) in [7, 11) is 0. The van der Waals surface area contributed by atoms with E-state index < -0.39 is 0 Å². The molecule has 0 amide bonds. The maximum absolute atomic E-state index is 12.9. The molecule has 1 N–H and O–H groups in total. The Morgan fingerprint density at radius 3 is 3.00 bits per heavy atom. The number of halogens is 2. The molecule has 0 aliphatic heterocycles. The number of rotatable bonds is 3. The lowest BCUT2D eigenvalue weighted by atomic mass is 10.2. The molecule has 0 aliphatic rings. The summed E-state index contributed by atoms with van der Waals surface area (Å²) < 4.78 is 13.7. The van der Waals surface area contributed by atoms with Crippen molar-refractivity contribution in [3.05, 3.63) is 33.9 Å². The lowest BCUT2D eigenvalue weighted by Crippen LogP contribution is -1.95. The van der Waals surface area contributed by atoms with E-state index in [-0.39, 0.29) is 5.82 Å². The third-order valence-corrected chi connectivity index (χ3v) is 3.50. The maximum atomic E-state index is 12.9. The highest BCUT2D eigenvalue weighted by Gasteiger charge is 2.08. The quantitative estimate of drug-likeness (QED) is 0.921. The number of nitrogens with one attached hydrogen (secondary N) is 1. The second-order valence-corrected chi connectivity index (χ2v) is 4.90. The van der Waals surface area contributed by atoms with Crippen molar-refractivity contribution in [3.63, 3.8) is 0 Å². The zero-order valence-electron chi connectivity index (χ0n) is 8.63. The molecule has 0 bridgehead atoms. The number of benzene rings is 1. The molecule has 0 atom stereocenters. The Kier molecular flexibility index (Phi) is 3.56. The number of hydrogen-bond donors (Lipinski definition) is 1. The average Bonchev–Trinajstić information content (AvgIpc) is 2.67. The molecular formula is C11H10BrFN2S. The Morgan fingerprint density at radius 1 is 1.50 bits per heavy atom. The molecule has 0 radical (unpaired) electrons. The predicted octanol–water partition coefficient (Wildman–Crippen LogP) is 4.14. The van der Waals surface area contributed by atoms with Gasteiger partial charge in [0.2, 0.25) is 0 Å². The summed E-state index contributed by atoms with van der Waals surface area (Å²) in [4.78, 5) is 4.42. The molecule has 1 aromatic heterocycles. The lowest BCUT2D eigenvalue weighted by molar-refractivity contribution is 0.627. The molecule has 2 aromatic rings. The van der Waals surface area contributed by atoms with E-state index in [2.05, 4.69) is 26.2 Å². The predicted molar refractivity (Wildman–Crippen MR) is 69.4 cm³/mol. The normalized spacial score (nSPS) is 10.4. The number of hydrogen-bond acceptors (Lipinski definition) is 3. The Labute approximate surface area is 106 Å². The van der Waals surface area contributed by atoms with Gasteiger partial charge in [0.15, 0.2) is 5.13 Å². The minimum absolute atomic E-state index is 0.252. The maximum Gasteiger partial charge on any atom is 0.183 e. The van der Waals surface area contributed by atoms with E-state index in [1.54, 1.807) is 17.4 Å². The largest absolute Gasteiger partial charge is 0.362 e. The zero-order chi connectivity index (χ0) is 11.5. The van der Waals surface area contributed by atoms with Gasteiger partial charge in [-0.15, -0.1) is 11.3 Å². The van der Waals surface area contributed by atoms with Gasteiger partial charge in [0.1, 0.15) is 5.82 Å². The van der Waals surface area contributed by atoms with Crippen molar-refractivity contribution in [2.45, 2.75) is 6.92 Å². The minimum atomic E-state index is -0.252. The van der Waals surface area contributed by atoms with Crippen molar-refractivity contribution in [1.82, 2.24) is 4.98 Å². The van der Waals surface area contributed by atoms with Crippen LogP contribution in [-0.2, 0) is 0 Å². The van der Waals surface area contributed by atoms with Crippen LogP contribution < -0.4 is 5.32 Å². The van der Waals surface area contributed by atoms with Crippen LogP contribution in [0, 0.1) is 5.82 Å². The topological polar surface area (TPSA) is 24.9 Å². The molecule has 0 fully saturated rings. The van der Waals surface area contributed by atoms with Gasteiger partial charge < -0.3 is 5.32 Å². The Balaban J connectivity index is 2.35. The molecule has 1 aromatic carbocycles. The highest BCUT2D eigenvalue weighted by molar-refractivity contribution is 9.10. The third-order valence-electron chi connectivity index (χ3n) is 2.04. The SMILES string of the molecule is CCNc1nc(-c2ccc(F)cc2Br)cs1. The van der Waals surface area contributed by atoms with Crippen LogP contribution >= 0.6 is 27.3 Å². The van der Waals surface area contributed by atoms with Gasteiger partial charge in [0, 0.05) is 22.0 Å². The highest BCUT2D eigenvalue weighted by Crippen LogP contribution is 2.31. The van der Waals surface area contributed by atoms with Crippen molar-refractivity contribution in [2.24, 2.45) is 0 Å². The van der Waals surface area contributed by atoms with Gasteiger partial charge in [0.25, 0.3) is 0 Å². The van der Waals surface area contributed by atoms with Gasteiger partial charge in [-0.05, 0) is 41.1 Å². The van der Waals surface area contributed by atoms with Crippen LogP contribution in [0.5, 0.6) is 0 Å². The van der Waals surface area contributed by atoms with Gasteiger partial charge in [-0.1, -0.05) is 0 Å². The van der Waals surface area contributed by atoms with Crippen LogP contribution in [0.25, 0.3) is 11.3 Å². The zero-order valence-corrected chi connectivity index (χ0v) is 11.0. The number of thiazole rings is 1. The molecule has 0 saturated heterocycles. The number of aromatic nitrogens is 1. The van der Waals surface area contributed by atoms with Crippen molar-refractivity contribution in [1.29, 1.82) is 0 Å². The van der Waals surface area contributed by atoms with Crippen LogP contribution in [0.3, 0.4) is 0 Å². The average molecular weight is 301 g/mol. The molecule has 16 heavy (non-hydrogen) atoms. The van der Waals surface area contributed by atoms with Crippen LogP contribution in [-0.4, -0.2) is 11.5 Å². The van der Waals surface area contributed by atoms with Crippen molar-refractivity contribution >= 4 is 32.4 Å². The van der Waals surface area contributed by atoms with Crippen LogP contribution in [0.1, 0.15) is 6.92 Å². The van der Waals surface area contributed by atoms with E-state index in [1.165, 1.54) is 12.1 Å². The second kappa shape index (κ2) is 4.93. The van der Waals surface area contributed by atoms with E-state index in [0.29, 0.717) is 0 Å². The summed E-state index contributed by atoms with van der Waals surface area (Å²) in [5.41, 5.74) is 1.76. The van der Waals surface area contributed by atoms with E-state index in [9.17, 15) is 4.39 Å². The molecule has 0 aliphatic carbocycles. The molecule has 0 saturated carbocycles. The summed E-state index contributed by atoms with van der Waals surface area (Å²) in [5.74, 6) is -0.252. The summed E-state index contributed by atoms with van der Waals surface area (Å²) in [6.07, 6.45) is 0. The second-order valence-electron chi connectivity index (χ2n) is 3.19. The smallest absolute Gasteiger partial charge is 0.183 e. The van der Waals surface area contributed by atoms with Gasteiger partial charge in [-0.3, -0.25) is 0 Å². The fourth-order valence-electron chi connectivity index (χ4n) is 1.33. The Bertz CT molecular complexity index is 498. The molecule has 84 valence electrons. The summed E-state index contributed by atoms with van der Waals surface area (Å²) in [5, 5.41) is 5.98. The van der Waals surface area contributed by atoms with E-state index >= 15 is 0 Å². The monoisotopic (exact) mass is 300 g/mol. The minimum Gasteiger partial charge on any atom is -0.362 e. The van der Waals surface area contributed by atoms with Crippen molar-refractivity contribution < 1.29 is 4.39 Å². The van der Waals surface area contributed by atoms with Crippen molar-refractivity contribution in [3.8, 4) is 11.3 Å². The lowest BCUT2D eigenvalue weighted by Gasteiger charge is -2.00. The number of anilines is 1. The summed E-state index contributed by atoms with van der Waals surface area (Å²) >= 11 is 4.88. The fourth-order valence-corrected chi connectivity index (χ4v) is 2.66. The highest BCUT2D eigenvalue weighted by atomic mass is 79.9. The first-order valence-corrected chi connectivity index (χ1v) is 6.53. The molecular weight excluding hydrogens is 291 g/mol. The first-order chi connectivity index (χ1) is 7.70. The van der Waals surface area contributed by atoms with E-state index in [1.807, 2.05) is 12.3 Å². The molecule has 0 unspecified atom stereocenters. The fraction of sp³-hybridized carbons (Fsp3) is 0.182. The Hall–Kier alpha value is -0.940. The number of nitrogens with zero attached hydrogens (tertiary/aromatic N) is 1. The van der Waals surface area contributed by atoms with Crippen LogP contribution in [0.4, 0.5) is 9.52 Å². The Morgan fingerprint density at radius 2 is 2.31 bits per heavy atom. The first-order valence-electron chi connectivity index (χ1n) is 4.85. The van der Waals surface area contributed by atoms with E-state index in [4.69, 9.17) is 0 Å². The third kappa shape index (κ3) is 2.41. The van der Waals surface area contributed by atoms with Gasteiger partial charge in [0.05, 0.1) is 5.69 Å². The van der Waals surface area contributed by atoms with Gasteiger partial charge >= 0.3 is 0 Å². The van der Waals surface area contributed by atoms with Gasteiger partial charge in [-0.2, -0.15) is 0 Å². The van der Waals surface area contributed by atoms with Crippen LogP contribution in [0.15, 0.2) is 28.1 Å². The first kappa shape index (κ1) is 11.5. The standard InChI is InChI=1S/C11H10BrFN2S/c1-2-14-11-15-10(6-16-11)8-4-3-7(13)5-9(8)12/h3-6H,2H2,1H3,(H,14,15). The summed E-state index contributed by atoms with van der Waals surface area (Å²) in [6.45, 7) is 2.87. The molecule has 2 rings (SSSR count). The van der Waals surface area contributed by atoms with Gasteiger partial charge in [-0.25, -0.2) is 9.37 Å². The molecule has 1 heterocycles. The molecule has 0 spiro atoms. The van der Waals surface area contributed by atoms with Crippen molar-refractivity contribution in [2.75, 3.05) is 11.9 Å². The molecule has 2 nitrogen and oxygen atoms in total. The van der Waals surface area contributed by atoms with Crippen LogP contribution in [0.2, 0.25) is 0 Å². The molecule has 5 heteroatoms. The summed E-state index contributed by atoms with van der Waals surface area (Å²) in [6, 6.07) is 4.61.